The highest BCUT2D eigenvalue weighted by atomic mass is 79.9. The summed E-state index contributed by atoms with van der Waals surface area (Å²) in [5.41, 5.74) is 3.50. The minimum atomic E-state index is -0.241. The Hall–Kier alpha value is -1.94. The molecule has 0 saturated carbocycles. The molecule has 4 heteroatoms. The first-order valence-electron chi connectivity index (χ1n) is 6.67. The van der Waals surface area contributed by atoms with Crippen LogP contribution in [0.2, 0.25) is 0 Å². The van der Waals surface area contributed by atoms with Gasteiger partial charge in [0.05, 0.1) is 11.2 Å². The summed E-state index contributed by atoms with van der Waals surface area (Å²) in [6.07, 6.45) is 1.77. The van der Waals surface area contributed by atoms with Crippen LogP contribution < -0.4 is 5.32 Å². The Labute approximate surface area is 131 Å². The number of rotatable bonds is 3. The predicted molar refractivity (Wildman–Crippen MR) is 87.9 cm³/mol. The zero-order valence-electron chi connectivity index (χ0n) is 11.5. The summed E-state index contributed by atoms with van der Waals surface area (Å²) in [4.78, 5) is 4.43. The van der Waals surface area contributed by atoms with Gasteiger partial charge in [0, 0.05) is 22.6 Å². The molecule has 0 aliphatic carbocycles. The van der Waals surface area contributed by atoms with Gasteiger partial charge in [-0.3, -0.25) is 4.98 Å². The molecule has 0 radical (unpaired) electrons. The molecular weight excluding hydrogens is 331 g/mol. The molecule has 0 unspecified atom stereocenters. The number of aromatic nitrogens is 1. The Morgan fingerprint density at radius 2 is 2.05 bits per heavy atom. The van der Waals surface area contributed by atoms with Gasteiger partial charge in [-0.05, 0) is 42.3 Å². The van der Waals surface area contributed by atoms with Crippen molar-refractivity contribution in [2.24, 2.45) is 0 Å². The van der Waals surface area contributed by atoms with Crippen molar-refractivity contribution in [2.75, 3.05) is 5.32 Å². The van der Waals surface area contributed by atoms with Crippen LogP contribution in [0.15, 0.2) is 53.1 Å². The molecule has 1 heterocycles. The average molecular weight is 345 g/mol. The highest BCUT2D eigenvalue weighted by Gasteiger charge is 2.07. The van der Waals surface area contributed by atoms with Gasteiger partial charge >= 0.3 is 0 Å². The topological polar surface area (TPSA) is 24.9 Å². The maximum Gasteiger partial charge on any atom is 0.146 e. The lowest BCUT2D eigenvalue weighted by Gasteiger charge is -2.11. The molecule has 0 saturated heterocycles. The molecule has 0 spiro atoms. The van der Waals surface area contributed by atoms with Crippen LogP contribution in [0.3, 0.4) is 0 Å². The first-order valence-corrected chi connectivity index (χ1v) is 7.46. The standard InChI is InChI=1S/C17H14BrFN2/c1-11-4-7-15(19)16(9-11)21-10-12-5-6-14(18)13-3-2-8-20-17(12)13/h2-9,21H,10H2,1H3. The number of anilines is 1. The van der Waals surface area contributed by atoms with Crippen LogP contribution in [0.4, 0.5) is 10.1 Å². The monoisotopic (exact) mass is 344 g/mol. The molecule has 0 amide bonds. The van der Waals surface area contributed by atoms with E-state index >= 15 is 0 Å². The fourth-order valence-electron chi connectivity index (χ4n) is 2.30. The normalized spacial score (nSPS) is 10.8. The van der Waals surface area contributed by atoms with Gasteiger partial charge in [-0.1, -0.05) is 34.1 Å². The van der Waals surface area contributed by atoms with E-state index < -0.39 is 0 Å². The molecule has 0 atom stereocenters. The van der Waals surface area contributed by atoms with Crippen molar-refractivity contribution in [3.8, 4) is 0 Å². The quantitative estimate of drug-likeness (QED) is 0.718. The number of fused-ring (bicyclic) bond motifs is 1. The molecule has 1 N–H and O–H groups in total. The Kier molecular flexibility index (Phi) is 3.88. The Bertz CT molecular complexity index is 802. The van der Waals surface area contributed by atoms with Crippen LogP contribution in [-0.2, 0) is 6.54 Å². The Balaban J connectivity index is 1.92. The van der Waals surface area contributed by atoms with E-state index in [1.165, 1.54) is 6.07 Å². The third-order valence-electron chi connectivity index (χ3n) is 3.39. The van der Waals surface area contributed by atoms with Gasteiger partial charge in [-0.25, -0.2) is 4.39 Å². The molecule has 0 aliphatic rings. The first-order chi connectivity index (χ1) is 10.1. The van der Waals surface area contributed by atoms with E-state index in [1.54, 1.807) is 12.3 Å². The van der Waals surface area contributed by atoms with Gasteiger partial charge in [-0.15, -0.1) is 0 Å². The van der Waals surface area contributed by atoms with Crippen molar-refractivity contribution in [1.82, 2.24) is 4.98 Å². The fourth-order valence-corrected chi connectivity index (χ4v) is 2.76. The SMILES string of the molecule is Cc1ccc(F)c(NCc2ccc(Br)c3cccnc23)c1. The van der Waals surface area contributed by atoms with Gasteiger partial charge < -0.3 is 5.32 Å². The molecule has 0 fully saturated rings. The molecule has 3 rings (SSSR count). The molecule has 0 aliphatic heterocycles. The smallest absolute Gasteiger partial charge is 0.146 e. The van der Waals surface area contributed by atoms with Crippen LogP contribution in [0, 0.1) is 12.7 Å². The minimum absolute atomic E-state index is 0.241. The summed E-state index contributed by atoms with van der Waals surface area (Å²) in [7, 11) is 0. The van der Waals surface area contributed by atoms with Gasteiger partial charge in [0.2, 0.25) is 0 Å². The van der Waals surface area contributed by atoms with Crippen molar-refractivity contribution < 1.29 is 4.39 Å². The first kappa shape index (κ1) is 14.0. The van der Waals surface area contributed by atoms with E-state index in [4.69, 9.17) is 0 Å². The lowest BCUT2D eigenvalue weighted by molar-refractivity contribution is 0.629. The van der Waals surface area contributed by atoms with Gasteiger partial charge in [0.1, 0.15) is 5.82 Å². The molecule has 2 nitrogen and oxygen atoms in total. The summed E-state index contributed by atoms with van der Waals surface area (Å²) in [6, 6.07) is 13.0. The second-order valence-electron chi connectivity index (χ2n) is 4.94. The van der Waals surface area contributed by atoms with E-state index in [2.05, 4.69) is 26.2 Å². The molecule has 3 aromatic rings. The zero-order chi connectivity index (χ0) is 14.8. The van der Waals surface area contributed by atoms with Crippen LogP contribution in [0.5, 0.6) is 0 Å². The van der Waals surface area contributed by atoms with E-state index in [9.17, 15) is 4.39 Å². The molecule has 21 heavy (non-hydrogen) atoms. The van der Waals surface area contributed by atoms with Gasteiger partial charge in [-0.2, -0.15) is 0 Å². The van der Waals surface area contributed by atoms with Crippen LogP contribution in [-0.4, -0.2) is 4.98 Å². The Morgan fingerprint density at radius 3 is 2.90 bits per heavy atom. The van der Waals surface area contributed by atoms with E-state index in [1.807, 2.05) is 37.3 Å². The maximum atomic E-state index is 13.8. The summed E-state index contributed by atoms with van der Waals surface area (Å²) in [6.45, 7) is 2.47. The molecule has 106 valence electrons. The minimum Gasteiger partial charge on any atom is -0.379 e. The third kappa shape index (κ3) is 2.90. The van der Waals surface area contributed by atoms with Crippen LogP contribution >= 0.6 is 15.9 Å². The summed E-state index contributed by atoms with van der Waals surface area (Å²) in [5, 5.41) is 4.21. The second kappa shape index (κ2) is 5.82. The van der Waals surface area contributed by atoms with Crippen LogP contribution in [0.1, 0.15) is 11.1 Å². The van der Waals surface area contributed by atoms with Crippen molar-refractivity contribution in [2.45, 2.75) is 13.5 Å². The molecule has 0 bridgehead atoms. The fraction of sp³-hybridized carbons (Fsp3) is 0.118. The lowest BCUT2D eigenvalue weighted by atomic mass is 10.1. The van der Waals surface area contributed by atoms with Crippen LogP contribution in [0.25, 0.3) is 10.9 Å². The largest absolute Gasteiger partial charge is 0.379 e. The number of pyridine rings is 1. The maximum absolute atomic E-state index is 13.8. The zero-order valence-corrected chi connectivity index (χ0v) is 13.1. The summed E-state index contributed by atoms with van der Waals surface area (Å²) in [5.74, 6) is -0.241. The number of benzene rings is 2. The highest BCUT2D eigenvalue weighted by molar-refractivity contribution is 9.10. The van der Waals surface area contributed by atoms with Crippen molar-refractivity contribution in [1.29, 1.82) is 0 Å². The Morgan fingerprint density at radius 1 is 1.19 bits per heavy atom. The molecular formula is C17H14BrFN2. The van der Waals surface area contributed by atoms with E-state index in [-0.39, 0.29) is 5.82 Å². The summed E-state index contributed by atoms with van der Waals surface area (Å²) < 4.78 is 14.8. The number of aryl methyl sites for hydroxylation is 1. The van der Waals surface area contributed by atoms with Crippen molar-refractivity contribution in [3.63, 3.8) is 0 Å². The third-order valence-corrected chi connectivity index (χ3v) is 4.08. The average Bonchev–Trinajstić information content (AvgIpc) is 2.50. The summed E-state index contributed by atoms with van der Waals surface area (Å²) >= 11 is 3.53. The predicted octanol–water partition coefficient (Wildman–Crippen LogP) is 5.06. The lowest BCUT2D eigenvalue weighted by Crippen LogP contribution is -2.03. The molecule has 2 aromatic carbocycles. The van der Waals surface area contributed by atoms with Crippen molar-refractivity contribution in [3.05, 3.63) is 70.1 Å². The number of nitrogens with zero attached hydrogens (tertiary/aromatic N) is 1. The second-order valence-corrected chi connectivity index (χ2v) is 5.80. The van der Waals surface area contributed by atoms with Gasteiger partial charge in [0.15, 0.2) is 0 Å². The molecule has 1 aromatic heterocycles. The number of nitrogens with one attached hydrogen (secondary N) is 1. The number of halogens is 2. The highest BCUT2D eigenvalue weighted by Crippen LogP contribution is 2.26. The number of hydrogen-bond acceptors (Lipinski definition) is 2. The van der Waals surface area contributed by atoms with Crippen molar-refractivity contribution >= 4 is 32.5 Å². The number of hydrogen-bond donors (Lipinski definition) is 1. The van der Waals surface area contributed by atoms with E-state index in [0.29, 0.717) is 12.2 Å². The van der Waals surface area contributed by atoms with Gasteiger partial charge in [0.25, 0.3) is 0 Å². The van der Waals surface area contributed by atoms with E-state index in [0.717, 1.165) is 26.5 Å².